The molecule has 1 N–H and O–H groups in total. The largest absolute Gasteiger partial charge is 0.381 e. The van der Waals surface area contributed by atoms with E-state index in [1.165, 1.54) is 17.4 Å². The number of aryl methyl sites for hydroxylation is 1. The number of carbonyl (C=O) groups is 1. The summed E-state index contributed by atoms with van der Waals surface area (Å²) in [6.45, 7) is 5.54. The number of nitrogens with zero attached hydrogens (tertiary/aromatic N) is 1. The van der Waals surface area contributed by atoms with Crippen LogP contribution in [-0.4, -0.2) is 30.8 Å². The van der Waals surface area contributed by atoms with E-state index >= 15 is 0 Å². The molecule has 6 nitrogen and oxygen atoms in total. The fourth-order valence-corrected chi connectivity index (χ4v) is 2.67. The first-order valence-corrected chi connectivity index (χ1v) is 8.15. The maximum atomic E-state index is 11.6. The molecular formula is C18H22N2O4. The van der Waals surface area contributed by atoms with Crippen molar-refractivity contribution < 1.29 is 18.8 Å². The summed E-state index contributed by atoms with van der Waals surface area (Å²) in [7, 11) is 0. The van der Waals surface area contributed by atoms with E-state index in [0.717, 1.165) is 38.4 Å². The predicted molar refractivity (Wildman–Crippen MR) is 87.4 cm³/mol. The summed E-state index contributed by atoms with van der Waals surface area (Å²) in [5.74, 6) is 0.259. The molecule has 1 saturated heterocycles. The lowest BCUT2D eigenvalue weighted by atomic mass is 10.1. The van der Waals surface area contributed by atoms with Crippen molar-refractivity contribution in [3.63, 3.8) is 0 Å². The van der Waals surface area contributed by atoms with Crippen LogP contribution in [0.4, 0.5) is 0 Å². The van der Waals surface area contributed by atoms with Gasteiger partial charge in [-0.05, 0) is 24.5 Å². The monoisotopic (exact) mass is 330 g/mol. The second kappa shape index (κ2) is 8.08. The zero-order chi connectivity index (χ0) is 16.8. The van der Waals surface area contributed by atoms with Crippen molar-refractivity contribution in [3.8, 4) is 0 Å². The number of aromatic nitrogens is 1. The first-order valence-electron chi connectivity index (χ1n) is 8.15. The summed E-state index contributed by atoms with van der Waals surface area (Å²) in [5.41, 5.74) is 3.71. The first kappa shape index (κ1) is 16.7. The molecule has 2 aliphatic heterocycles. The molecule has 1 atom stereocenters. The Balaban J connectivity index is 0.000000159. The number of amides is 1. The fraction of sp³-hybridized carbons (Fsp3) is 0.444. The van der Waals surface area contributed by atoms with Gasteiger partial charge in [0.05, 0.1) is 19.8 Å². The van der Waals surface area contributed by atoms with Crippen LogP contribution < -0.4 is 5.32 Å². The fourth-order valence-electron chi connectivity index (χ4n) is 2.67. The lowest BCUT2D eigenvalue weighted by molar-refractivity contribution is 0.0935. The molecule has 1 amide bonds. The van der Waals surface area contributed by atoms with Gasteiger partial charge in [-0.2, -0.15) is 0 Å². The number of ether oxygens (including phenoxy) is 2. The smallest absolute Gasteiger partial charge is 0.273 e. The quantitative estimate of drug-likeness (QED) is 0.936. The molecule has 6 heteroatoms. The number of rotatable bonds is 3. The van der Waals surface area contributed by atoms with E-state index in [9.17, 15) is 4.79 Å². The second-order valence-corrected chi connectivity index (χ2v) is 6.10. The number of nitrogens with one attached hydrogen (secondary N) is 1. The SMILES string of the molecule is Cc1conc1C(=O)NCC1CCOC1.c1cc2cc(c1)COC2. The molecule has 2 bridgehead atoms. The minimum atomic E-state index is -0.173. The number of hydrogen-bond acceptors (Lipinski definition) is 5. The standard InChI is InChI=1S/C10H14N2O3.C8H8O/c1-7-5-15-12-9(7)10(13)11-4-8-2-3-14-6-8;1-2-7-4-8(3-1)6-9-5-7/h5,8H,2-4,6H2,1H3,(H,11,13);1-4H,5-6H2. The van der Waals surface area contributed by atoms with Crippen molar-refractivity contribution >= 4 is 5.91 Å². The Morgan fingerprint density at radius 1 is 1.29 bits per heavy atom. The Labute approximate surface area is 141 Å². The highest BCUT2D eigenvalue weighted by molar-refractivity contribution is 5.93. The molecule has 2 aliphatic rings. The highest BCUT2D eigenvalue weighted by Gasteiger charge is 2.18. The van der Waals surface area contributed by atoms with Crippen LogP contribution in [0.15, 0.2) is 35.1 Å². The number of hydrogen-bond donors (Lipinski definition) is 1. The van der Waals surface area contributed by atoms with Crippen LogP contribution in [0.3, 0.4) is 0 Å². The highest BCUT2D eigenvalue weighted by atomic mass is 16.5. The zero-order valence-electron chi connectivity index (χ0n) is 13.8. The van der Waals surface area contributed by atoms with E-state index in [1.54, 1.807) is 6.92 Å². The van der Waals surface area contributed by atoms with Gasteiger partial charge in [-0.3, -0.25) is 4.79 Å². The van der Waals surface area contributed by atoms with Gasteiger partial charge >= 0.3 is 0 Å². The van der Waals surface area contributed by atoms with Crippen LogP contribution in [-0.2, 0) is 22.7 Å². The molecule has 1 aromatic carbocycles. The number of fused-ring (bicyclic) bond motifs is 2. The van der Waals surface area contributed by atoms with Crippen LogP contribution >= 0.6 is 0 Å². The molecule has 128 valence electrons. The minimum Gasteiger partial charge on any atom is -0.381 e. The van der Waals surface area contributed by atoms with Gasteiger partial charge in [-0.15, -0.1) is 0 Å². The molecule has 24 heavy (non-hydrogen) atoms. The summed E-state index contributed by atoms with van der Waals surface area (Å²) in [4.78, 5) is 11.6. The van der Waals surface area contributed by atoms with Gasteiger partial charge in [0, 0.05) is 24.6 Å². The lowest BCUT2D eigenvalue weighted by Crippen LogP contribution is -2.30. The minimum absolute atomic E-state index is 0.173. The van der Waals surface area contributed by atoms with Gasteiger partial charge < -0.3 is 19.3 Å². The van der Waals surface area contributed by atoms with E-state index in [-0.39, 0.29) is 5.91 Å². The summed E-state index contributed by atoms with van der Waals surface area (Å²) < 4.78 is 15.2. The Morgan fingerprint density at radius 3 is 2.67 bits per heavy atom. The maximum Gasteiger partial charge on any atom is 0.273 e. The summed E-state index contributed by atoms with van der Waals surface area (Å²) in [6.07, 6.45) is 2.48. The molecule has 1 fully saturated rings. The van der Waals surface area contributed by atoms with E-state index < -0.39 is 0 Å². The van der Waals surface area contributed by atoms with Crippen molar-refractivity contribution in [3.05, 3.63) is 52.9 Å². The molecule has 0 spiro atoms. The van der Waals surface area contributed by atoms with Crippen molar-refractivity contribution in [2.75, 3.05) is 19.8 Å². The molecule has 4 rings (SSSR count). The van der Waals surface area contributed by atoms with E-state index in [4.69, 9.17) is 14.0 Å². The summed E-state index contributed by atoms with van der Waals surface area (Å²) >= 11 is 0. The van der Waals surface area contributed by atoms with Crippen molar-refractivity contribution in [2.24, 2.45) is 5.92 Å². The van der Waals surface area contributed by atoms with Crippen molar-refractivity contribution in [1.29, 1.82) is 0 Å². The van der Waals surface area contributed by atoms with Crippen molar-refractivity contribution in [1.82, 2.24) is 10.5 Å². The van der Waals surface area contributed by atoms with Gasteiger partial charge in [-0.1, -0.05) is 29.4 Å². The first-order chi connectivity index (χ1) is 11.7. The maximum absolute atomic E-state index is 11.6. The zero-order valence-corrected chi connectivity index (χ0v) is 13.8. The van der Waals surface area contributed by atoms with Crippen LogP contribution in [0, 0.1) is 12.8 Å². The van der Waals surface area contributed by atoms with Gasteiger partial charge in [0.1, 0.15) is 6.26 Å². The topological polar surface area (TPSA) is 73.6 Å². The Bertz CT molecular complexity index is 658. The normalized spacial score (nSPS) is 18.6. The molecular weight excluding hydrogens is 308 g/mol. The van der Waals surface area contributed by atoms with Gasteiger partial charge in [0.25, 0.3) is 5.91 Å². The molecule has 0 aliphatic carbocycles. The van der Waals surface area contributed by atoms with Crippen LogP contribution in [0.5, 0.6) is 0 Å². The van der Waals surface area contributed by atoms with Crippen molar-refractivity contribution in [2.45, 2.75) is 26.6 Å². The Morgan fingerprint density at radius 2 is 2.08 bits per heavy atom. The van der Waals surface area contributed by atoms with E-state index in [0.29, 0.717) is 18.2 Å². The molecule has 1 aromatic heterocycles. The van der Waals surface area contributed by atoms with E-state index in [2.05, 4.69) is 34.7 Å². The third-order valence-corrected chi connectivity index (χ3v) is 4.07. The average molecular weight is 330 g/mol. The molecule has 1 unspecified atom stereocenters. The predicted octanol–water partition coefficient (Wildman–Crippen LogP) is 2.47. The molecule has 0 radical (unpaired) electrons. The third-order valence-electron chi connectivity index (χ3n) is 4.07. The number of benzene rings is 1. The van der Waals surface area contributed by atoms with Crippen LogP contribution in [0.1, 0.15) is 33.6 Å². The second-order valence-electron chi connectivity index (χ2n) is 6.10. The number of carbonyl (C=O) groups excluding carboxylic acids is 1. The van der Waals surface area contributed by atoms with Crippen LogP contribution in [0.2, 0.25) is 0 Å². The molecule has 3 heterocycles. The van der Waals surface area contributed by atoms with Gasteiger partial charge in [0.15, 0.2) is 5.69 Å². The summed E-state index contributed by atoms with van der Waals surface area (Å²) in [5, 5.41) is 6.47. The molecule has 2 aromatic rings. The molecule has 0 saturated carbocycles. The Kier molecular flexibility index (Phi) is 5.61. The van der Waals surface area contributed by atoms with Gasteiger partial charge in [-0.25, -0.2) is 0 Å². The van der Waals surface area contributed by atoms with Crippen LogP contribution in [0.25, 0.3) is 0 Å². The van der Waals surface area contributed by atoms with Gasteiger partial charge in [0.2, 0.25) is 0 Å². The third kappa shape index (κ3) is 4.43. The Hall–Kier alpha value is -2.18. The average Bonchev–Trinajstić information content (AvgIpc) is 3.25. The lowest BCUT2D eigenvalue weighted by Gasteiger charge is -2.11. The highest BCUT2D eigenvalue weighted by Crippen LogP contribution is 2.13. The van der Waals surface area contributed by atoms with E-state index in [1.807, 2.05) is 0 Å². The summed E-state index contributed by atoms with van der Waals surface area (Å²) in [6, 6.07) is 8.43.